The molecule has 0 unspecified atom stereocenters. The molecule has 1 aromatic heterocycles. The normalized spacial score (nSPS) is 17.6. The molecule has 2 aliphatic heterocycles. The topological polar surface area (TPSA) is 232 Å². The van der Waals surface area contributed by atoms with Crippen molar-refractivity contribution in [3.8, 4) is 11.5 Å². The lowest BCUT2D eigenvalue weighted by atomic mass is 9.93. The molecule has 0 spiro atoms. The zero-order valence-corrected chi connectivity index (χ0v) is 44.0. The molecule has 5 N–H and O–H groups in total. The highest BCUT2D eigenvalue weighted by Crippen LogP contribution is 2.32. The quantitative estimate of drug-likeness (QED) is 0.0144. The third kappa shape index (κ3) is 17.9. The molecule has 18 nitrogen and oxygen atoms in total. The Hall–Kier alpha value is -6.50. The lowest BCUT2D eigenvalue weighted by Gasteiger charge is -2.41. The van der Waals surface area contributed by atoms with Crippen molar-refractivity contribution < 1.29 is 52.2 Å². The molecule has 2 aliphatic rings. The lowest BCUT2D eigenvalue weighted by Crippen LogP contribution is -2.61. The maximum absolute atomic E-state index is 14.6. The van der Waals surface area contributed by atoms with Gasteiger partial charge in [-0.2, -0.15) is 0 Å². The molecule has 6 rings (SSSR count). The van der Waals surface area contributed by atoms with E-state index in [1.165, 1.54) is 0 Å². The predicted molar refractivity (Wildman–Crippen MR) is 277 cm³/mol. The first-order chi connectivity index (χ1) is 35.5. The van der Waals surface area contributed by atoms with E-state index < -0.39 is 47.5 Å². The van der Waals surface area contributed by atoms with Gasteiger partial charge in [-0.3, -0.25) is 33.9 Å². The van der Waals surface area contributed by atoms with E-state index in [1.807, 2.05) is 100 Å². The summed E-state index contributed by atoms with van der Waals surface area (Å²) in [7, 11) is 0. The summed E-state index contributed by atoms with van der Waals surface area (Å²) in [4.78, 5) is 84.3. The van der Waals surface area contributed by atoms with Crippen LogP contribution in [0.15, 0.2) is 85.1 Å². The number of amides is 4. The Kier molecular flexibility index (Phi) is 21.3. The molecule has 3 aromatic carbocycles. The van der Waals surface area contributed by atoms with Gasteiger partial charge in [0.2, 0.25) is 17.7 Å². The molecule has 2 fully saturated rings. The van der Waals surface area contributed by atoms with E-state index in [2.05, 4.69) is 43.6 Å². The second kappa shape index (κ2) is 27.7. The minimum atomic E-state index is -1.09. The van der Waals surface area contributed by atoms with Crippen LogP contribution in [0.2, 0.25) is 0 Å². The number of aryl methyl sites for hydroxylation is 1. The number of nitrogens with one attached hydrogen (secondary N) is 5. The molecule has 18 heteroatoms. The average Bonchev–Trinajstić information content (AvgIpc) is 3.90. The number of benzene rings is 3. The number of H-pyrrole nitrogens is 1. The maximum Gasteiger partial charge on any atom is 0.311 e. The highest BCUT2D eigenvalue weighted by atomic mass is 16.6. The minimum Gasteiger partial charge on any atom is -0.483 e. The lowest BCUT2D eigenvalue weighted by molar-refractivity contribution is -0.940. The fourth-order valence-electron chi connectivity index (χ4n) is 9.15. The van der Waals surface area contributed by atoms with Crippen LogP contribution in [-0.4, -0.2) is 124 Å². The molecule has 0 radical (unpaired) electrons. The SMILES string of the molecule is CCCCCC(=O)Oc1ccc(C[N+]2(CC(=O)N[C@@H](CCc3ccccc3)C(=O)N[C@@H](CC(C)C)C(=O)N[C@@H](Cc3ccccc3)C(=O)N[C@@H](CC(C)C)C(=O)[C@@]3(C)CO3)CCOCC2)cc1OCc1c[nH]nn1. The molecule has 4 amide bonds. The Morgan fingerprint density at radius 2 is 1.36 bits per heavy atom. The van der Waals surface area contributed by atoms with Crippen LogP contribution in [0.1, 0.15) is 109 Å². The predicted octanol–water partition coefficient (Wildman–Crippen LogP) is 5.48. The smallest absolute Gasteiger partial charge is 0.311 e. The third-order valence-electron chi connectivity index (χ3n) is 13.4. The number of hydrogen-bond donors (Lipinski definition) is 5. The number of hydrogen-bond acceptors (Lipinski definition) is 12. The van der Waals surface area contributed by atoms with Gasteiger partial charge in [-0.15, -0.1) is 5.10 Å². The number of ketones is 1. The number of esters is 1. The molecular formula is C56H77N8O10+. The van der Waals surface area contributed by atoms with Crippen LogP contribution in [0.4, 0.5) is 0 Å². The van der Waals surface area contributed by atoms with Crippen LogP contribution in [0, 0.1) is 11.8 Å². The van der Waals surface area contributed by atoms with Gasteiger partial charge in [0, 0.05) is 24.6 Å². The van der Waals surface area contributed by atoms with Gasteiger partial charge >= 0.3 is 5.97 Å². The summed E-state index contributed by atoms with van der Waals surface area (Å²) in [6.07, 6.45) is 5.93. The number of carbonyl (C=O) groups is 6. The molecule has 0 saturated carbocycles. The highest BCUT2D eigenvalue weighted by molar-refractivity contribution is 5.99. The Balaban J connectivity index is 1.20. The van der Waals surface area contributed by atoms with E-state index in [-0.39, 0.29) is 80.7 Å². The average molecular weight is 1020 g/mol. The molecular weight excluding hydrogens is 945 g/mol. The number of rotatable bonds is 30. The van der Waals surface area contributed by atoms with Crippen LogP contribution < -0.4 is 30.7 Å². The largest absolute Gasteiger partial charge is 0.483 e. The summed E-state index contributed by atoms with van der Waals surface area (Å²) >= 11 is 0. The summed E-state index contributed by atoms with van der Waals surface area (Å²) in [5, 5.41) is 22.4. The number of carbonyl (C=O) groups excluding carboxylic acids is 6. The van der Waals surface area contributed by atoms with Crippen molar-refractivity contribution in [1.82, 2.24) is 36.7 Å². The number of aromatic nitrogens is 3. The van der Waals surface area contributed by atoms with Crippen molar-refractivity contribution in [3.63, 3.8) is 0 Å². The number of nitrogens with zero attached hydrogens (tertiary/aromatic N) is 3. The Bertz CT molecular complexity index is 2440. The first kappa shape index (κ1) is 56.8. The molecule has 400 valence electrons. The van der Waals surface area contributed by atoms with Crippen LogP contribution in [-0.2, 0) is 64.2 Å². The second-order valence-electron chi connectivity index (χ2n) is 20.8. The number of Topliss-reactive ketones (excluding diaryl/α,β-unsaturated/α-hetero) is 1. The number of epoxide rings is 1. The van der Waals surface area contributed by atoms with E-state index in [0.717, 1.165) is 29.5 Å². The molecule has 4 aromatic rings. The summed E-state index contributed by atoms with van der Waals surface area (Å²) < 4.78 is 23.5. The monoisotopic (exact) mass is 1020 g/mol. The molecule has 3 heterocycles. The van der Waals surface area contributed by atoms with E-state index in [1.54, 1.807) is 19.2 Å². The van der Waals surface area contributed by atoms with Crippen molar-refractivity contribution in [2.24, 2.45) is 11.8 Å². The van der Waals surface area contributed by atoms with Gasteiger partial charge in [-0.1, -0.05) is 113 Å². The van der Waals surface area contributed by atoms with E-state index in [0.29, 0.717) is 68.0 Å². The van der Waals surface area contributed by atoms with Crippen LogP contribution in [0.5, 0.6) is 11.5 Å². The molecule has 2 saturated heterocycles. The minimum absolute atomic E-state index is 0.0134. The van der Waals surface area contributed by atoms with Gasteiger partial charge in [0.25, 0.3) is 5.91 Å². The van der Waals surface area contributed by atoms with Gasteiger partial charge in [0.1, 0.15) is 55.7 Å². The fourth-order valence-corrected chi connectivity index (χ4v) is 9.15. The number of ether oxygens (including phenoxy) is 4. The molecule has 5 atom stereocenters. The summed E-state index contributed by atoms with van der Waals surface area (Å²) in [6, 6.07) is 20.3. The van der Waals surface area contributed by atoms with E-state index >= 15 is 0 Å². The molecule has 74 heavy (non-hydrogen) atoms. The molecule has 0 aliphatic carbocycles. The van der Waals surface area contributed by atoms with Crippen molar-refractivity contribution in [1.29, 1.82) is 0 Å². The van der Waals surface area contributed by atoms with Crippen LogP contribution >= 0.6 is 0 Å². The van der Waals surface area contributed by atoms with Crippen LogP contribution in [0.25, 0.3) is 0 Å². The summed E-state index contributed by atoms with van der Waals surface area (Å²) in [5.74, 6) is -1.93. The first-order valence-corrected chi connectivity index (χ1v) is 26.2. The zero-order chi connectivity index (χ0) is 53.1. The zero-order valence-electron chi connectivity index (χ0n) is 44.0. The molecule has 0 bridgehead atoms. The Morgan fingerprint density at radius 3 is 2.00 bits per heavy atom. The second-order valence-corrected chi connectivity index (χ2v) is 20.8. The Morgan fingerprint density at radius 1 is 0.743 bits per heavy atom. The van der Waals surface area contributed by atoms with E-state index in [9.17, 15) is 28.8 Å². The highest BCUT2D eigenvalue weighted by Gasteiger charge is 2.50. The van der Waals surface area contributed by atoms with Crippen molar-refractivity contribution in [3.05, 3.63) is 107 Å². The number of aromatic amines is 1. The summed E-state index contributed by atoms with van der Waals surface area (Å²) in [5.41, 5.74) is 2.18. The van der Waals surface area contributed by atoms with Crippen molar-refractivity contribution in [2.45, 2.75) is 142 Å². The Labute approximate surface area is 435 Å². The van der Waals surface area contributed by atoms with Gasteiger partial charge in [0.05, 0.1) is 25.9 Å². The van der Waals surface area contributed by atoms with Gasteiger partial charge < -0.3 is 44.7 Å². The standard InChI is InChI=1S/C56H76N8O10/c1-7-8-11-20-51(66)74-48-24-22-42(32-49(48)72-36-43-33-57-63-62-43)34-64(25-27-71-28-26-64)35-50(65)58-44(23-21-40-16-12-9-13-17-40)53(68)60-46(30-39(4)5)54(69)61-47(31-41-18-14-10-15-19-41)55(70)59-45(29-38(2)3)52(67)56(6)37-73-56/h9-10,12-19,22,24,32-33,38-39,44-47H,7-8,11,20-21,23,25-31,34-37H2,1-6H3,(H4-,57,58,59,60,61,62,63,65,68,69,70)/p+1/t44-,45-,46-,47-,56+/m0/s1. The third-order valence-corrected chi connectivity index (χ3v) is 13.4. The van der Waals surface area contributed by atoms with Crippen molar-refractivity contribution >= 4 is 35.4 Å². The van der Waals surface area contributed by atoms with E-state index in [4.69, 9.17) is 18.9 Å². The fraction of sp³-hybridized carbons (Fsp3) is 0.536. The van der Waals surface area contributed by atoms with Crippen LogP contribution in [0.3, 0.4) is 0 Å². The van der Waals surface area contributed by atoms with Gasteiger partial charge in [0.15, 0.2) is 23.8 Å². The summed E-state index contributed by atoms with van der Waals surface area (Å²) in [6.45, 7) is 14.2. The number of unbranched alkanes of at least 4 members (excludes halogenated alkanes) is 2. The maximum atomic E-state index is 14.6. The number of morpholine rings is 1. The number of quaternary nitrogens is 1. The first-order valence-electron chi connectivity index (χ1n) is 26.2. The van der Waals surface area contributed by atoms with Gasteiger partial charge in [-0.25, -0.2) is 0 Å². The van der Waals surface area contributed by atoms with Gasteiger partial charge in [-0.05, 0) is 80.2 Å². The van der Waals surface area contributed by atoms with Crippen molar-refractivity contribution in [2.75, 3.05) is 39.5 Å².